The molecule has 4 fully saturated rings. The topological polar surface area (TPSA) is 107 Å². The Balaban J connectivity index is 1.22. The first kappa shape index (κ1) is 30.3. The Morgan fingerprint density at radius 2 is 1.64 bits per heavy atom. The van der Waals surface area contributed by atoms with E-state index in [0.29, 0.717) is 18.4 Å². The molecule has 236 valence electrons. The van der Waals surface area contributed by atoms with E-state index in [2.05, 4.69) is 17.0 Å². The van der Waals surface area contributed by atoms with Gasteiger partial charge in [0.05, 0.1) is 18.9 Å². The van der Waals surface area contributed by atoms with Crippen LogP contribution in [-0.4, -0.2) is 86.5 Å². The van der Waals surface area contributed by atoms with E-state index in [1.807, 2.05) is 24.3 Å². The van der Waals surface area contributed by atoms with Gasteiger partial charge in [-0.05, 0) is 43.2 Å². The smallest absolute Gasteiger partial charge is 0.253 e. The van der Waals surface area contributed by atoms with Crippen LogP contribution in [-0.2, 0) is 25.7 Å². The summed E-state index contributed by atoms with van der Waals surface area (Å²) >= 11 is 14.5. The van der Waals surface area contributed by atoms with Gasteiger partial charge >= 0.3 is 0 Å². The van der Waals surface area contributed by atoms with Crippen molar-refractivity contribution in [1.29, 1.82) is 0 Å². The van der Waals surface area contributed by atoms with Gasteiger partial charge in [-0.15, -0.1) is 23.2 Å². The second-order valence-corrected chi connectivity index (χ2v) is 14.2. The molecule has 1 N–H and O–H groups in total. The van der Waals surface area contributed by atoms with Crippen molar-refractivity contribution >= 4 is 46.8 Å². The third-order valence-corrected chi connectivity index (χ3v) is 12.2. The predicted molar refractivity (Wildman–Crippen MR) is 167 cm³/mol. The van der Waals surface area contributed by atoms with Crippen LogP contribution in [0.25, 0.3) is 0 Å². The second kappa shape index (κ2) is 10.9. The third-order valence-electron chi connectivity index (χ3n) is 10.8. The Labute approximate surface area is 271 Å². The molecule has 2 aromatic carbocycles. The third kappa shape index (κ3) is 4.23. The average molecular weight is 653 g/mol. The lowest BCUT2D eigenvalue weighted by Gasteiger charge is -2.50. The molecule has 6 atom stereocenters. The molecule has 45 heavy (non-hydrogen) atoms. The highest BCUT2D eigenvalue weighted by molar-refractivity contribution is 6.53. The zero-order chi connectivity index (χ0) is 31.8. The van der Waals surface area contributed by atoms with Crippen LogP contribution >= 0.6 is 23.2 Å². The quantitative estimate of drug-likeness (QED) is 0.295. The molecule has 0 spiro atoms. The number of likely N-dealkylation sites (tertiary alicyclic amines) is 3. The largest absolute Gasteiger partial charge is 0.504 e. The summed E-state index contributed by atoms with van der Waals surface area (Å²) in [7, 11) is 2.76. The number of piperidine rings is 1. The summed E-state index contributed by atoms with van der Waals surface area (Å²) in [6.07, 6.45) is 3.44. The van der Waals surface area contributed by atoms with Gasteiger partial charge in [-0.1, -0.05) is 54.1 Å². The number of halogens is 2. The number of para-hydroxylation sites is 1. The minimum Gasteiger partial charge on any atom is -0.504 e. The number of fused-ring (bicyclic) bond motifs is 4. The number of carbonyl (C=O) groups excluding carboxylic acids is 4. The molecule has 4 amide bonds. The van der Waals surface area contributed by atoms with E-state index in [1.165, 1.54) is 24.6 Å². The van der Waals surface area contributed by atoms with Crippen LogP contribution in [0.4, 0.5) is 0 Å². The molecular formula is C34H35Cl2N3O6. The van der Waals surface area contributed by atoms with Crippen LogP contribution in [0.3, 0.4) is 0 Å². The fourth-order valence-corrected chi connectivity index (χ4v) is 9.60. The van der Waals surface area contributed by atoms with Crippen molar-refractivity contribution in [1.82, 2.24) is 14.7 Å². The van der Waals surface area contributed by atoms with Crippen molar-refractivity contribution in [2.24, 2.45) is 17.8 Å². The number of nitrogens with zero attached hydrogens (tertiary/aromatic N) is 3. The molecule has 0 aromatic heterocycles. The molecule has 3 aliphatic heterocycles. The highest BCUT2D eigenvalue weighted by Crippen LogP contribution is 2.66. The molecule has 11 heteroatoms. The fourth-order valence-electron chi connectivity index (χ4n) is 8.59. The van der Waals surface area contributed by atoms with Gasteiger partial charge in [0.1, 0.15) is 0 Å². The predicted octanol–water partition coefficient (Wildman–Crippen LogP) is 4.05. The number of imide groups is 2. The molecule has 6 unspecified atom stereocenters. The van der Waals surface area contributed by atoms with Crippen LogP contribution in [0.1, 0.15) is 42.7 Å². The van der Waals surface area contributed by atoms with Crippen LogP contribution in [0.5, 0.6) is 11.5 Å². The number of amides is 4. The number of ether oxygens (including phenoxy) is 1. The van der Waals surface area contributed by atoms with E-state index < -0.39 is 45.2 Å². The SMILES string of the molecule is COc1cccc(C2C3=CCC4C(=O)N(C5CCN(Cc6ccccc6)CC5)C(=O)C4C3CC3(Cl)C(=O)N(C)C(=O)C23Cl)c1O. The van der Waals surface area contributed by atoms with Crippen molar-refractivity contribution in [2.45, 2.75) is 53.9 Å². The van der Waals surface area contributed by atoms with Crippen molar-refractivity contribution in [3.63, 3.8) is 0 Å². The molecule has 2 aliphatic carbocycles. The summed E-state index contributed by atoms with van der Waals surface area (Å²) < 4.78 is 5.36. The average Bonchev–Trinajstić information content (AvgIpc) is 3.37. The summed E-state index contributed by atoms with van der Waals surface area (Å²) in [6, 6.07) is 14.9. The minimum atomic E-state index is -1.96. The first-order valence-corrected chi connectivity index (χ1v) is 16.2. The number of methoxy groups -OCH3 is 1. The number of hydrogen-bond donors (Lipinski definition) is 1. The van der Waals surface area contributed by atoms with E-state index in [0.717, 1.165) is 24.5 Å². The van der Waals surface area contributed by atoms with Crippen molar-refractivity contribution in [3.8, 4) is 11.5 Å². The maximum atomic E-state index is 14.3. The van der Waals surface area contributed by atoms with Crippen molar-refractivity contribution in [3.05, 3.63) is 71.3 Å². The molecule has 3 heterocycles. The van der Waals surface area contributed by atoms with Gasteiger partial charge in [-0.2, -0.15) is 0 Å². The molecule has 5 aliphatic rings. The van der Waals surface area contributed by atoms with Gasteiger partial charge < -0.3 is 9.84 Å². The first-order chi connectivity index (χ1) is 21.5. The highest BCUT2D eigenvalue weighted by atomic mass is 35.5. The summed E-state index contributed by atoms with van der Waals surface area (Å²) in [5, 5.41) is 11.3. The Morgan fingerprint density at radius 3 is 2.33 bits per heavy atom. The zero-order valence-electron chi connectivity index (χ0n) is 25.1. The van der Waals surface area contributed by atoms with Crippen LogP contribution in [0, 0.1) is 17.8 Å². The van der Waals surface area contributed by atoms with E-state index >= 15 is 0 Å². The number of benzene rings is 2. The van der Waals surface area contributed by atoms with Gasteiger partial charge in [0.15, 0.2) is 21.2 Å². The van der Waals surface area contributed by atoms with Gasteiger partial charge in [0.2, 0.25) is 11.8 Å². The van der Waals surface area contributed by atoms with E-state index in [9.17, 15) is 24.3 Å². The van der Waals surface area contributed by atoms with Gasteiger partial charge in [0.25, 0.3) is 11.8 Å². The number of phenols is 1. The van der Waals surface area contributed by atoms with Gasteiger partial charge in [-0.25, -0.2) is 0 Å². The standard InChI is InChI=1S/C34H35Cl2N3O6/c1-37-31(43)33(35)17-24-21(27(34(33,36)32(37)44)23-9-6-10-25(45-2)28(23)40)11-12-22-26(24)30(42)39(29(22)41)20-13-15-38(16-14-20)18-19-7-4-3-5-8-19/h3-11,20,22,24,26-27,40H,12-18H2,1-2H3. The van der Waals surface area contributed by atoms with Crippen molar-refractivity contribution in [2.75, 3.05) is 27.2 Å². The lowest BCUT2D eigenvalue weighted by molar-refractivity contribution is -0.144. The monoisotopic (exact) mass is 651 g/mol. The number of aromatic hydroxyl groups is 1. The molecule has 0 bridgehead atoms. The number of carbonyl (C=O) groups is 4. The normalized spacial score (nSPS) is 33.6. The van der Waals surface area contributed by atoms with Gasteiger partial charge in [0, 0.05) is 44.2 Å². The van der Waals surface area contributed by atoms with Crippen LogP contribution < -0.4 is 4.74 Å². The molecule has 1 saturated carbocycles. The zero-order valence-corrected chi connectivity index (χ0v) is 26.6. The molecular weight excluding hydrogens is 617 g/mol. The Hall–Kier alpha value is -3.40. The highest BCUT2D eigenvalue weighted by Gasteiger charge is 2.76. The van der Waals surface area contributed by atoms with E-state index in [-0.39, 0.29) is 47.8 Å². The number of allylic oxidation sites excluding steroid dienone is 2. The van der Waals surface area contributed by atoms with Crippen molar-refractivity contribution < 1.29 is 29.0 Å². The summed E-state index contributed by atoms with van der Waals surface area (Å²) in [6.45, 7) is 2.34. The number of alkyl halides is 2. The maximum Gasteiger partial charge on any atom is 0.253 e. The Morgan fingerprint density at radius 1 is 0.933 bits per heavy atom. The minimum absolute atomic E-state index is 0.0798. The lowest BCUT2D eigenvalue weighted by atomic mass is 9.56. The first-order valence-electron chi connectivity index (χ1n) is 15.4. The fraction of sp³-hybridized carbons (Fsp3) is 0.471. The summed E-state index contributed by atoms with van der Waals surface area (Å²) in [5.74, 6) is -4.85. The lowest BCUT2D eigenvalue weighted by Crippen LogP contribution is -2.60. The number of hydrogen-bond acceptors (Lipinski definition) is 7. The van der Waals surface area contributed by atoms with E-state index in [1.54, 1.807) is 18.2 Å². The van der Waals surface area contributed by atoms with Crippen LogP contribution in [0.15, 0.2) is 60.2 Å². The van der Waals surface area contributed by atoms with Crippen LogP contribution in [0.2, 0.25) is 0 Å². The number of phenolic OH excluding ortho intramolecular Hbond substituents is 1. The Kier molecular flexibility index (Phi) is 7.30. The van der Waals surface area contributed by atoms with E-state index in [4.69, 9.17) is 27.9 Å². The Bertz CT molecular complexity index is 1620. The summed E-state index contributed by atoms with van der Waals surface area (Å²) in [5.41, 5.74) is 2.14. The second-order valence-electron chi connectivity index (χ2n) is 12.9. The summed E-state index contributed by atoms with van der Waals surface area (Å²) in [4.78, 5) is 56.6. The molecule has 0 radical (unpaired) electrons. The van der Waals surface area contributed by atoms with Gasteiger partial charge in [-0.3, -0.25) is 33.9 Å². The maximum absolute atomic E-state index is 14.3. The molecule has 9 nitrogen and oxygen atoms in total. The number of rotatable bonds is 5. The molecule has 3 saturated heterocycles. The molecule has 7 rings (SSSR count). The molecule has 2 aromatic rings.